The fraction of sp³-hybridized carbons (Fsp3) is 0.391. The minimum atomic E-state index is -1.71. The van der Waals surface area contributed by atoms with Crippen LogP contribution in [0.15, 0.2) is 53.8 Å². The Morgan fingerprint density at radius 3 is 2.62 bits per heavy atom. The Balaban J connectivity index is 1.72. The molecule has 0 spiro atoms. The fourth-order valence-electron chi connectivity index (χ4n) is 3.75. The highest BCUT2D eigenvalue weighted by Crippen LogP contribution is 2.29. The summed E-state index contributed by atoms with van der Waals surface area (Å²) in [6.07, 6.45) is 2.16. The van der Waals surface area contributed by atoms with E-state index in [2.05, 4.69) is 20.8 Å². The van der Waals surface area contributed by atoms with Gasteiger partial charge in [0, 0.05) is 24.6 Å². The second-order valence-corrected chi connectivity index (χ2v) is 9.14. The lowest BCUT2D eigenvalue weighted by molar-refractivity contribution is -0.144. The number of oxime groups is 1. The Morgan fingerprint density at radius 2 is 1.97 bits per heavy atom. The third-order valence-electron chi connectivity index (χ3n) is 5.43. The van der Waals surface area contributed by atoms with Crippen molar-refractivity contribution in [1.29, 1.82) is 0 Å². The number of amides is 2. The highest BCUT2D eigenvalue weighted by atomic mass is 35.5. The number of hydrogen-bond acceptors (Lipinski definition) is 7. The van der Waals surface area contributed by atoms with Crippen LogP contribution < -0.4 is 10.6 Å². The maximum absolute atomic E-state index is 13.4. The summed E-state index contributed by atoms with van der Waals surface area (Å²) in [5.41, 5.74) is 0.297. The van der Waals surface area contributed by atoms with E-state index < -0.39 is 24.6 Å². The molecule has 9 nitrogen and oxygen atoms in total. The van der Waals surface area contributed by atoms with Crippen LogP contribution in [-0.2, 0) is 16.1 Å². The molecule has 2 aromatic rings. The normalized spacial score (nSPS) is 18.1. The Morgan fingerprint density at radius 1 is 1.24 bits per heavy atom. The van der Waals surface area contributed by atoms with Crippen LogP contribution in [-0.4, -0.2) is 57.8 Å². The summed E-state index contributed by atoms with van der Waals surface area (Å²) in [4.78, 5) is 35.4. The van der Waals surface area contributed by atoms with Crippen molar-refractivity contribution in [3.8, 4) is 0 Å². The van der Waals surface area contributed by atoms with Crippen molar-refractivity contribution in [1.82, 2.24) is 15.6 Å². The van der Waals surface area contributed by atoms with Gasteiger partial charge in [-0.3, -0.25) is 9.59 Å². The van der Waals surface area contributed by atoms with Crippen LogP contribution in [0.1, 0.15) is 42.6 Å². The number of carbonyl (C=O) groups excluding carboxylic acids is 2. The zero-order valence-electron chi connectivity index (χ0n) is 19.1. The van der Waals surface area contributed by atoms with Gasteiger partial charge in [-0.05, 0) is 30.0 Å². The van der Waals surface area contributed by atoms with Crippen molar-refractivity contribution in [3.63, 3.8) is 0 Å². The smallest absolute Gasteiger partial charge is 0.426 e. The van der Waals surface area contributed by atoms with Crippen molar-refractivity contribution in [2.45, 2.75) is 44.7 Å². The van der Waals surface area contributed by atoms with E-state index in [9.17, 15) is 19.6 Å². The van der Waals surface area contributed by atoms with Gasteiger partial charge in [0.05, 0.1) is 18.2 Å². The highest BCUT2D eigenvalue weighted by molar-refractivity contribution is 6.43. The summed E-state index contributed by atoms with van der Waals surface area (Å²) in [6, 6.07) is 12.3. The van der Waals surface area contributed by atoms with Crippen molar-refractivity contribution in [3.05, 3.63) is 64.9 Å². The molecule has 1 aromatic carbocycles. The van der Waals surface area contributed by atoms with Crippen LogP contribution in [0.2, 0.25) is 5.15 Å². The van der Waals surface area contributed by atoms with Crippen LogP contribution in [0.25, 0.3) is 0 Å². The van der Waals surface area contributed by atoms with E-state index in [-0.39, 0.29) is 36.4 Å². The van der Waals surface area contributed by atoms with E-state index >= 15 is 0 Å². The van der Waals surface area contributed by atoms with Crippen LogP contribution in [0.3, 0.4) is 0 Å². The SMILES string of the molecule is CC(C)CC(NC(=O)C1(Cc2ccccc2)CC(CNC(=O)c2ccnc(Cl)c2)=NO1)B(O)O. The van der Waals surface area contributed by atoms with Crippen LogP contribution in [0.4, 0.5) is 0 Å². The second kappa shape index (κ2) is 11.5. The van der Waals surface area contributed by atoms with Crippen LogP contribution in [0.5, 0.6) is 0 Å². The first-order valence-corrected chi connectivity index (χ1v) is 11.4. The number of halogens is 1. The summed E-state index contributed by atoms with van der Waals surface area (Å²) in [7, 11) is -1.71. The predicted octanol–water partition coefficient (Wildman–Crippen LogP) is 1.77. The summed E-state index contributed by atoms with van der Waals surface area (Å²) < 4.78 is 0. The van der Waals surface area contributed by atoms with Crippen LogP contribution >= 0.6 is 11.6 Å². The van der Waals surface area contributed by atoms with Gasteiger partial charge in [0.15, 0.2) is 0 Å². The van der Waals surface area contributed by atoms with E-state index in [4.69, 9.17) is 16.4 Å². The van der Waals surface area contributed by atoms with Crippen molar-refractivity contribution >= 4 is 36.2 Å². The highest BCUT2D eigenvalue weighted by Gasteiger charge is 2.48. The molecule has 0 fully saturated rings. The van der Waals surface area contributed by atoms with Gasteiger partial charge in [-0.1, -0.05) is 60.9 Å². The molecule has 180 valence electrons. The maximum atomic E-state index is 13.4. The molecule has 0 aliphatic carbocycles. The molecule has 2 amide bonds. The third kappa shape index (κ3) is 6.79. The van der Waals surface area contributed by atoms with Gasteiger partial charge in [0.1, 0.15) is 5.15 Å². The van der Waals surface area contributed by atoms with Gasteiger partial charge in [0.2, 0.25) is 5.60 Å². The zero-order chi connectivity index (χ0) is 24.7. The van der Waals surface area contributed by atoms with E-state index in [1.54, 1.807) is 0 Å². The predicted molar refractivity (Wildman–Crippen MR) is 129 cm³/mol. The van der Waals surface area contributed by atoms with Crippen molar-refractivity contribution < 1.29 is 24.5 Å². The fourth-order valence-corrected chi connectivity index (χ4v) is 3.93. The molecule has 2 atom stereocenters. The maximum Gasteiger partial charge on any atom is 0.475 e. The first kappa shape index (κ1) is 25.7. The quantitative estimate of drug-likeness (QED) is 0.299. The minimum absolute atomic E-state index is 0.0701. The average molecular weight is 487 g/mol. The largest absolute Gasteiger partial charge is 0.475 e. The van der Waals surface area contributed by atoms with Crippen LogP contribution in [0, 0.1) is 5.92 Å². The number of benzene rings is 1. The molecular formula is C23H28BClN4O5. The van der Waals surface area contributed by atoms with Gasteiger partial charge in [-0.2, -0.15) is 0 Å². The lowest BCUT2D eigenvalue weighted by Crippen LogP contribution is -2.56. The van der Waals surface area contributed by atoms with Gasteiger partial charge in [-0.15, -0.1) is 0 Å². The Bertz CT molecular complexity index is 1040. The van der Waals surface area contributed by atoms with E-state index in [1.165, 1.54) is 18.3 Å². The number of nitrogens with zero attached hydrogens (tertiary/aromatic N) is 2. The lowest BCUT2D eigenvalue weighted by atomic mass is 9.74. The van der Waals surface area contributed by atoms with Crippen molar-refractivity contribution in [2.24, 2.45) is 11.1 Å². The molecular weight excluding hydrogens is 459 g/mol. The number of aromatic nitrogens is 1. The molecule has 0 bridgehead atoms. The monoisotopic (exact) mass is 486 g/mol. The molecule has 2 heterocycles. The van der Waals surface area contributed by atoms with Crippen molar-refractivity contribution in [2.75, 3.05) is 6.54 Å². The topological polar surface area (TPSA) is 133 Å². The summed E-state index contributed by atoms with van der Waals surface area (Å²) in [5, 5.41) is 29.3. The molecule has 0 saturated heterocycles. The molecule has 1 aliphatic heterocycles. The number of hydrogen-bond donors (Lipinski definition) is 4. The molecule has 4 N–H and O–H groups in total. The molecule has 2 unspecified atom stereocenters. The summed E-state index contributed by atoms with van der Waals surface area (Å²) >= 11 is 5.85. The van der Waals surface area contributed by atoms with E-state index in [1.807, 2.05) is 44.2 Å². The number of nitrogens with one attached hydrogen (secondary N) is 2. The second-order valence-electron chi connectivity index (χ2n) is 8.76. The Hall–Kier alpha value is -2.95. The average Bonchev–Trinajstić information content (AvgIpc) is 3.21. The van der Waals surface area contributed by atoms with Gasteiger partial charge in [0.25, 0.3) is 11.8 Å². The van der Waals surface area contributed by atoms with E-state index in [0.717, 1.165) is 5.56 Å². The molecule has 0 radical (unpaired) electrons. The first-order valence-electron chi connectivity index (χ1n) is 11.0. The summed E-state index contributed by atoms with van der Waals surface area (Å²) in [6.45, 7) is 3.92. The van der Waals surface area contributed by atoms with Gasteiger partial charge >= 0.3 is 7.12 Å². The third-order valence-corrected chi connectivity index (χ3v) is 5.64. The number of pyridine rings is 1. The van der Waals surface area contributed by atoms with Gasteiger partial charge in [-0.25, -0.2) is 4.98 Å². The first-order chi connectivity index (χ1) is 16.2. The number of carbonyl (C=O) groups is 2. The molecule has 1 aliphatic rings. The Kier molecular flexibility index (Phi) is 8.65. The molecule has 1 aromatic heterocycles. The summed E-state index contributed by atoms with van der Waals surface area (Å²) in [5.74, 6) is -1.59. The Labute approximate surface area is 203 Å². The van der Waals surface area contributed by atoms with E-state index in [0.29, 0.717) is 17.7 Å². The molecule has 3 rings (SSSR count). The zero-order valence-corrected chi connectivity index (χ0v) is 19.8. The molecule has 11 heteroatoms. The number of rotatable bonds is 10. The standard InChI is InChI=1S/C23H28BClN4O5/c1-15(2)10-19(24(32)33)28-22(31)23(12-16-6-4-3-5-7-16)13-18(29-34-23)14-27-21(30)17-8-9-26-20(25)11-17/h3-9,11,15,19,32-33H,10,12-14H2,1-2H3,(H,27,30)(H,28,31). The molecule has 0 saturated carbocycles. The van der Waals surface area contributed by atoms with Gasteiger partial charge < -0.3 is 25.5 Å². The molecule has 34 heavy (non-hydrogen) atoms. The lowest BCUT2D eigenvalue weighted by Gasteiger charge is -2.29. The minimum Gasteiger partial charge on any atom is -0.426 e.